The molecular weight excluding hydrogens is 162 g/mol. The lowest BCUT2D eigenvalue weighted by molar-refractivity contribution is 0.199. The highest BCUT2D eigenvalue weighted by Gasteiger charge is 1.91. The zero-order valence-electron chi connectivity index (χ0n) is 8.34. The van der Waals surface area contributed by atoms with E-state index in [2.05, 4.69) is 36.5 Å². The van der Waals surface area contributed by atoms with Crippen LogP contribution >= 0.6 is 0 Å². The second kappa shape index (κ2) is 5.73. The smallest absolute Gasteiger partial charge is 0.0587 e. The van der Waals surface area contributed by atoms with E-state index in [0.717, 1.165) is 19.7 Å². The quantitative estimate of drug-likeness (QED) is 0.695. The van der Waals surface area contributed by atoms with Crippen LogP contribution in [0.25, 0.3) is 0 Å². The summed E-state index contributed by atoms with van der Waals surface area (Å²) in [5.74, 6) is 0. The van der Waals surface area contributed by atoms with Crippen molar-refractivity contribution in [1.29, 1.82) is 0 Å². The van der Waals surface area contributed by atoms with Gasteiger partial charge in [0.05, 0.1) is 6.61 Å². The van der Waals surface area contributed by atoms with Crippen molar-refractivity contribution < 1.29 is 4.74 Å². The minimum atomic E-state index is 0.770. The Morgan fingerprint density at radius 1 is 1.23 bits per heavy atom. The topological polar surface area (TPSA) is 21.3 Å². The lowest BCUT2D eigenvalue weighted by Crippen LogP contribution is -2.18. The third kappa shape index (κ3) is 4.06. The summed E-state index contributed by atoms with van der Waals surface area (Å²) in [5, 5.41) is 3.30. The summed E-state index contributed by atoms with van der Waals surface area (Å²) in [4.78, 5) is 0. The van der Waals surface area contributed by atoms with Crippen LogP contribution in [-0.2, 0) is 11.3 Å². The van der Waals surface area contributed by atoms with Crippen LogP contribution in [0.15, 0.2) is 24.3 Å². The van der Waals surface area contributed by atoms with E-state index in [-0.39, 0.29) is 0 Å². The number of aryl methyl sites for hydroxylation is 1. The van der Waals surface area contributed by atoms with Crippen molar-refractivity contribution in [3.63, 3.8) is 0 Å². The number of nitrogens with one attached hydrogen (secondary N) is 1. The van der Waals surface area contributed by atoms with Gasteiger partial charge in [-0.1, -0.05) is 29.8 Å². The van der Waals surface area contributed by atoms with Crippen LogP contribution in [0.1, 0.15) is 11.1 Å². The van der Waals surface area contributed by atoms with Crippen LogP contribution < -0.4 is 5.32 Å². The fourth-order valence-electron chi connectivity index (χ4n) is 1.11. The number of ether oxygens (including phenoxy) is 1. The molecule has 13 heavy (non-hydrogen) atoms. The molecule has 72 valence electrons. The zero-order valence-corrected chi connectivity index (χ0v) is 8.34. The average molecular weight is 179 g/mol. The summed E-state index contributed by atoms with van der Waals surface area (Å²) in [5.41, 5.74) is 2.63. The van der Waals surface area contributed by atoms with Gasteiger partial charge < -0.3 is 10.1 Å². The fraction of sp³-hybridized carbons (Fsp3) is 0.455. The molecule has 0 bridgehead atoms. The maximum absolute atomic E-state index is 4.94. The van der Waals surface area contributed by atoms with Crippen molar-refractivity contribution in [2.45, 2.75) is 13.5 Å². The van der Waals surface area contributed by atoms with Crippen LogP contribution in [0.3, 0.4) is 0 Å². The minimum absolute atomic E-state index is 0.770. The molecule has 1 aromatic rings. The zero-order chi connectivity index (χ0) is 9.52. The third-order valence-corrected chi connectivity index (χ3v) is 1.93. The van der Waals surface area contributed by atoms with Gasteiger partial charge in [-0.05, 0) is 12.5 Å². The molecule has 2 nitrogen and oxygen atoms in total. The van der Waals surface area contributed by atoms with Crippen molar-refractivity contribution >= 4 is 0 Å². The molecule has 0 aliphatic carbocycles. The second-order valence-electron chi connectivity index (χ2n) is 3.16. The van der Waals surface area contributed by atoms with Gasteiger partial charge in [0.1, 0.15) is 0 Å². The van der Waals surface area contributed by atoms with Crippen LogP contribution in [0.5, 0.6) is 0 Å². The first-order chi connectivity index (χ1) is 6.33. The Morgan fingerprint density at radius 3 is 2.54 bits per heavy atom. The van der Waals surface area contributed by atoms with E-state index in [4.69, 9.17) is 4.74 Å². The monoisotopic (exact) mass is 179 g/mol. The number of methoxy groups -OCH3 is 1. The molecule has 1 N–H and O–H groups in total. The summed E-state index contributed by atoms with van der Waals surface area (Å²) in [6.45, 7) is 4.70. The second-order valence-corrected chi connectivity index (χ2v) is 3.16. The highest BCUT2D eigenvalue weighted by molar-refractivity contribution is 5.20. The van der Waals surface area contributed by atoms with Crippen LogP contribution in [0.4, 0.5) is 0 Å². The van der Waals surface area contributed by atoms with Gasteiger partial charge in [0, 0.05) is 20.2 Å². The molecule has 1 aromatic carbocycles. The van der Waals surface area contributed by atoms with E-state index in [1.54, 1.807) is 7.11 Å². The van der Waals surface area contributed by atoms with Crippen LogP contribution in [0, 0.1) is 6.92 Å². The van der Waals surface area contributed by atoms with Gasteiger partial charge in [0.25, 0.3) is 0 Å². The first-order valence-corrected chi connectivity index (χ1v) is 4.58. The van der Waals surface area contributed by atoms with E-state index < -0.39 is 0 Å². The summed E-state index contributed by atoms with van der Waals surface area (Å²) in [6.07, 6.45) is 0. The Balaban J connectivity index is 2.25. The number of rotatable bonds is 5. The van der Waals surface area contributed by atoms with Crippen LogP contribution in [-0.4, -0.2) is 20.3 Å². The summed E-state index contributed by atoms with van der Waals surface area (Å²) in [7, 11) is 1.72. The molecule has 0 saturated carbocycles. The highest BCUT2D eigenvalue weighted by atomic mass is 16.5. The van der Waals surface area contributed by atoms with E-state index >= 15 is 0 Å². The molecule has 0 fully saturated rings. The molecule has 0 amide bonds. The van der Waals surface area contributed by atoms with E-state index in [9.17, 15) is 0 Å². The molecule has 0 saturated heterocycles. The normalized spacial score (nSPS) is 10.3. The molecule has 0 spiro atoms. The predicted octanol–water partition coefficient (Wildman–Crippen LogP) is 1.73. The number of hydrogen-bond acceptors (Lipinski definition) is 2. The molecule has 2 heteroatoms. The van der Waals surface area contributed by atoms with Gasteiger partial charge in [-0.25, -0.2) is 0 Å². The molecule has 0 aliphatic heterocycles. The van der Waals surface area contributed by atoms with Crippen molar-refractivity contribution in [3.8, 4) is 0 Å². The SMILES string of the molecule is COCCNCc1ccc(C)cc1. The highest BCUT2D eigenvalue weighted by Crippen LogP contribution is 2.01. The van der Waals surface area contributed by atoms with Gasteiger partial charge in [0.2, 0.25) is 0 Å². The van der Waals surface area contributed by atoms with Crippen molar-refractivity contribution in [3.05, 3.63) is 35.4 Å². The van der Waals surface area contributed by atoms with Gasteiger partial charge in [-0.2, -0.15) is 0 Å². The molecule has 0 aromatic heterocycles. The van der Waals surface area contributed by atoms with Gasteiger partial charge in [-0.3, -0.25) is 0 Å². The van der Waals surface area contributed by atoms with E-state index in [1.165, 1.54) is 11.1 Å². The van der Waals surface area contributed by atoms with Crippen molar-refractivity contribution in [2.24, 2.45) is 0 Å². The van der Waals surface area contributed by atoms with Crippen LogP contribution in [0.2, 0.25) is 0 Å². The lowest BCUT2D eigenvalue weighted by atomic mass is 10.1. The van der Waals surface area contributed by atoms with Gasteiger partial charge in [0.15, 0.2) is 0 Å². The van der Waals surface area contributed by atoms with Crippen molar-refractivity contribution in [2.75, 3.05) is 20.3 Å². The molecular formula is C11H17NO. The summed E-state index contributed by atoms with van der Waals surface area (Å²) in [6, 6.07) is 8.56. The first-order valence-electron chi connectivity index (χ1n) is 4.58. The Kier molecular flexibility index (Phi) is 4.50. The Morgan fingerprint density at radius 2 is 1.92 bits per heavy atom. The Bertz CT molecular complexity index is 230. The maximum atomic E-state index is 4.94. The molecule has 0 unspecified atom stereocenters. The lowest BCUT2D eigenvalue weighted by Gasteiger charge is -2.04. The summed E-state index contributed by atoms with van der Waals surface area (Å²) >= 11 is 0. The first kappa shape index (κ1) is 10.2. The maximum Gasteiger partial charge on any atom is 0.0587 e. The molecule has 0 aliphatic rings. The van der Waals surface area contributed by atoms with Crippen molar-refractivity contribution in [1.82, 2.24) is 5.32 Å². The largest absolute Gasteiger partial charge is 0.383 e. The van der Waals surface area contributed by atoms with Gasteiger partial charge in [-0.15, -0.1) is 0 Å². The molecule has 0 atom stereocenters. The predicted molar refractivity (Wildman–Crippen MR) is 54.8 cm³/mol. The van der Waals surface area contributed by atoms with E-state index in [0.29, 0.717) is 0 Å². The summed E-state index contributed by atoms with van der Waals surface area (Å²) < 4.78 is 4.94. The molecule has 0 radical (unpaired) electrons. The Labute approximate surface area is 79.9 Å². The van der Waals surface area contributed by atoms with Gasteiger partial charge >= 0.3 is 0 Å². The average Bonchev–Trinajstić information content (AvgIpc) is 2.15. The molecule has 1 rings (SSSR count). The fourth-order valence-corrected chi connectivity index (χ4v) is 1.11. The number of benzene rings is 1. The Hall–Kier alpha value is -0.860. The molecule has 0 heterocycles. The van der Waals surface area contributed by atoms with E-state index in [1.807, 2.05) is 0 Å². The minimum Gasteiger partial charge on any atom is -0.383 e. The third-order valence-electron chi connectivity index (χ3n) is 1.93. The standard InChI is InChI=1S/C11H17NO/c1-10-3-5-11(6-4-10)9-12-7-8-13-2/h3-6,12H,7-9H2,1-2H3. The number of hydrogen-bond donors (Lipinski definition) is 1.